The lowest BCUT2D eigenvalue weighted by atomic mass is 9.53. The summed E-state index contributed by atoms with van der Waals surface area (Å²) >= 11 is 0. The molecule has 4 saturated carbocycles. The Kier molecular flexibility index (Phi) is 4.04. The average molecular weight is 280 g/mol. The van der Waals surface area contributed by atoms with Gasteiger partial charge in [0.25, 0.3) is 0 Å². The number of nitrogens with two attached hydrogens (primary N) is 1. The summed E-state index contributed by atoms with van der Waals surface area (Å²) < 4.78 is 0. The lowest BCUT2D eigenvalue weighted by Crippen LogP contribution is -2.58. The van der Waals surface area contributed by atoms with Crippen LogP contribution in [0.15, 0.2) is 0 Å². The van der Waals surface area contributed by atoms with Crippen molar-refractivity contribution in [2.24, 2.45) is 23.5 Å². The Hall–Kier alpha value is -0.610. The number of rotatable bonds is 7. The molecule has 1 atom stereocenters. The first-order valence-electron chi connectivity index (χ1n) is 8.30. The third kappa shape index (κ3) is 3.01. The standard InChI is InChI=1S/C16H28N2O2/c17-14(15(19)20)3-1-2-4-18-16-8-11-5-12(9-16)7-13(6-11)10-16/h11-14,18H,1-10,17H2,(H,19,20). The number of hydrogen-bond acceptors (Lipinski definition) is 3. The quantitative estimate of drug-likeness (QED) is 0.624. The van der Waals surface area contributed by atoms with Gasteiger partial charge in [0.2, 0.25) is 0 Å². The van der Waals surface area contributed by atoms with Gasteiger partial charge in [0, 0.05) is 5.54 Å². The van der Waals surface area contributed by atoms with E-state index in [-0.39, 0.29) is 0 Å². The van der Waals surface area contributed by atoms with Crippen LogP contribution in [-0.2, 0) is 4.79 Å². The molecule has 4 heteroatoms. The van der Waals surface area contributed by atoms with Gasteiger partial charge in [-0.1, -0.05) is 6.42 Å². The van der Waals surface area contributed by atoms with Gasteiger partial charge < -0.3 is 16.2 Å². The molecule has 4 N–H and O–H groups in total. The fraction of sp³-hybridized carbons (Fsp3) is 0.938. The van der Waals surface area contributed by atoms with Gasteiger partial charge in [-0.2, -0.15) is 0 Å². The molecule has 4 bridgehead atoms. The average Bonchev–Trinajstić information content (AvgIpc) is 2.36. The topological polar surface area (TPSA) is 75.3 Å². The highest BCUT2D eigenvalue weighted by molar-refractivity contribution is 5.72. The maximum Gasteiger partial charge on any atom is 0.320 e. The second kappa shape index (κ2) is 5.64. The summed E-state index contributed by atoms with van der Waals surface area (Å²) in [7, 11) is 0. The van der Waals surface area contributed by atoms with Gasteiger partial charge in [-0.05, 0) is 75.7 Å². The van der Waals surface area contributed by atoms with E-state index in [1.165, 1.54) is 38.5 Å². The molecule has 0 spiro atoms. The second-order valence-electron chi connectivity index (χ2n) is 7.57. The van der Waals surface area contributed by atoms with Crippen LogP contribution < -0.4 is 11.1 Å². The zero-order valence-electron chi connectivity index (χ0n) is 12.3. The van der Waals surface area contributed by atoms with E-state index in [0.717, 1.165) is 37.1 Å². The first-order chi connectivity index (χ1) is 9.56. The van der Waals surface area contributed by atoms with Crippen LogP contribution >= 0.6 is 0 Å². The molecule has 0 aromatic rings. The van der Waals surface area contributed by atoms with Gasteiger partial charge in [0.1, 0.15) is 6.04 Å². The summed E-state index contributed by atoms with van der Waals surface area (Å²) in [6.45, 7) is 1.03. The van der Waals surface area contributed by atoms with Crippen molar-refractivity contribution in [2.75, 3.05) is 6.54 Å². The molecule has 1 unspecified atom stereocenters. The minimum Gasteiger partial charge on any atom is -0.480 e. The zero-order valence-corrected chi connectivity index (χ0v) is 12.3. The van der Waals surface area contributed by atoms with Gasteiger partial charge >= 0.3 is 5.97 Å². The van der Waals surface area contributed by atoms with Crippen LogP contribution in [0.4, 0.5) is 0 Å². The summed E-state index contributed by atoms with van der Waals surface area (Å²) in [5.41, 5.74) is 5.96. The van der Waals surface area contributed by atoms with Crippen molar-refractivity contribution in [3.05, 3.63) is 0 Å². The molecule has 0 aromatic heterocycles. The van der Waals surface area contributed by atoms with E-state index in [1.54, 1.807) is 0 Å². The molecule has 0 radical (unpaired) electrons. The molecule has 0 saturated heterocycles. The summed E-state index contributed by atoms with van der Waals surface area (Å²) in [5, 5.41) is 12.6. The smallest absolute Gasteiger partial charge is 0.320 e. The lowest BCUT2D eigenvalue weighted by Gasteiger charge is -2.57. The number of carboxylic acid groups (broad SMARTS) is 1. The molecular formula is C16H28N2O2. The molecule has 20 heavy (non-hydrogen) atoms. The first-order valence-corrected chi connectivity index (χ1v) is 8.30. The van der Waals surface area contributed by atoms with E-state index in [1.807, 2.05) is 0 Å². The minimum atomic E-state index is -0.876. The molecule has 4 fully saturated rings. The van der Waals surface area contributed by atoms with Crippen molar-refractivity contribution < 1.29 is 9.90 Å². The number of carboxylic acids is 1. The molecule has 4 nitrogen and oxygen atoms in total. The maximum atomic E-state index is 10.7. The second-order valence-corrected chi connectivity index (χ2v) is 7.57. The summed E-state index contributed by atoms with van der Waals surface area (Å²) in [4.78, 5) is 10.7. The number of aliphatic carboxylic acids is 1. The van der Waals surface area contributed by atoms with Crippen LogP contribution in [0, 0.1) is 17.8 Å². The fourth-order valence-electron chi connectivity index (χ4n) is 5.29. The predicted molar refractivity (Wildman–Crippen MR) is 78.4 cm³/mol. The van der Waals surface area contributed by atoms with Crippen LogP contribution in [0.1, 0.15) is 57.8 Å². The monoisotopic (exact) mass is 280 g/mol. The maximum absolute atomic E-state index is 10.7. The fourth-order valence-corrected chi connectivity index (χ4v) is 5.29. The number of nitrogens with one attached hydrogen (secondary N) is 1. The molecule has 0 heterocycles. The Morgan fingerprint density at radius 3 is 2.20 bits per heavy atom. The van der Waals surface area contributed by atoms with Crippen molar-refractivity contribution in [1.29, 1.82) is 0 Å². The van der Waals surface area contributed by atoms with Crippen LogP contribution in [-0.4, -0.2) is 29.2 Å². The summed E-state index contributed by atoms with van der Waals surface area (Å²) in [5.74, 6) is 2.07. The highest BCUT2D eigenvalue weighted by Crippen LogP contribution is 2.55. The normalized spacial score (nSPS) is 40.0. The van der Waals surface area contributed by atoms with Gasteiger partial charge in [-0.25, -0.2) is 0 Å². The van der Waals surface area contributed by atoms with Crippen LogP contribution in [0.5, 0.6) is 0 Å². The minimum absolute atomic E-state index is 0.434. The molecule has 0 amide bonds. The Morgan fingerprint density at radius 1 is 1.15 bits per heavy atom. The van der Waals surface area contributed by atoms with E-state index in [4.69, 9.17) is 10.8 Å². The molecule has 0 aromatic carbocycles. The van der Waals surface area contributed by atoms with E-state index >= 15 is 0 Å². The summed E-state index contributed by atoms with van der Waals surface area (Å²) in [6, 6.07) is -0.686. The first kappa shape index (κ1) is 14.3. The predicted octanol–water partition coefficient (Wildman–Crippen LogP) is 2.13. The third-order valence-electron chi connectivity index (χ3n) is 5.80. The Bertz CT molecular complexity index is 334. The highest BCUT2D eigenvalue weighted by atomic mass is 16.4. The van der Waals surface area contributed by atoms with Crippen LogP contribution in [0.25, 0.3) is 0 Å². The van der Waals surface area contributed by atoms with Crippen molar-refractivity contribution in [3.8, 4) is 0 Å². The van der Waals surface area contributed by atoms with Gasteiger partial charge in [-0.3, -0.25) is 4.79 Å². The van der Waals surface area contributed by atoms with Crippen molar-refractivity contribution in [2.45, 2.75) is 69.4 Å². The van der Waals surface area contributed by atoms with Crippen molar-refractivity contribution >= 4 is 5.97 Å². The van der Waals surface area contributed by atoms with Gasteiger partial charge in [0.15, 0.2) is 0 Å². The van der Waals surface area contributed by atoms with Gasteiger partial charge in [-0.15, -0.1) is 0 Å². The van der Waals surface area contributed by atoms with E-state index in [0.29, 0.717) is 12.0 Å². The number of carbonyl (C=O) groups is 1. The molecule has 4 aliphatic rings. The van der Waals surface area contributed by atoms with Crippen molar-refractivity contribution in [3.63, 3.8) is 0 Å². The van der Waals surface area contributed by atoms with E-state index < -0.39 is 12.0 Å². The van der Waals surface area contributed by atoms with E-state index in [9.17, 15) is 4.79 Å². The van der Waals surface area contributed by atoms with Crippen LogP contribution in [0.2, 0.25) is 0 Å². The molecule has 4 aliphatic carbocycles. The third-order valence-corrected chi connectivity index (χ3v) is 5.80. The van der Waals surface area contributed by atoms with Crippen LogP contribution in [0.3, 0.4) is 0 Å². The molecule has 114 valence electrons. The number of hydrogen-bond donors (Lipinski definition) is 3. The van der Waals surface area contributed by atoms with Crippen molar-refractivity contribution in [1.82, 2.24) is 5.32 Å². The largest absolute Gasteiger partial charge is 0.480 e. The Morgan fingerprint density at radius 2 is 1.70 bits per heavy atom. The molecular weight excluding hydrogens is 252 g/mol. The summed E-state index contributed by atoms with van der Waals surface area (Å²) in [6.07, 6.45) is 11.1. The van der Waals surface area contributed by atoms with E-state index in [2.05, 4.69) is 5.32 Å². The lowest BCUT2D eigenvalue weighted by molar-refractivity contribution is -0.138. The Balaban J connectivity index is 1.39. The molecule has 4 rings (SSSR count). The highest BCUT2D eigenvalue weighted by Gasteiger charge is 2.50. The molecule has 0 aliphatic heterocycles. The SMILES string of the molecule is NC(CCCCNC12CC3CC(CC(C3)C1)C2)C(=O)O. The van der Waals surface area contributed by atoms with Gasteiger partial charge in [0.05, 0.1) is 0 Å². The Labute approximate surface area is 121 Å². The number of unbranched alkanes of at least 4 members (excludes halogenated alkanes) is 1. The zero-order chi connectivity index (χ0) is 14.2.